The molecule has 2 unspecified atom stereocenters. The van der Waals surface area contributed by atoms with Gasteiger partial charge >= 0.3 is 0 Å². The molecule has 112 valence electrons. The van der Waals surface area contributed by atoms with Gasteiger partial charge in [0.1, 0.15) is 0 Å². The highest BCUT2D eigenvalue weighted by molar-refractivity contribution is 9.10. The van der Waals surface area contributed by atoms with Crippen molar-refractivity contribution in [2.75, 3.05) is 6.61 Å². The van der Waals surface area contributed by atoms with Gasteiger partial charge in [-0.1, -0.05) is 28.1 Å². The minimum atomic E-state index is -0.724. The Balaban J connectivity index is 2.43. The first kappa shape index (κ1) is 17.1. The number of hydrogen-bond donors (Lipinski definition) is 2. The lowest BCUT2D eigenvalue weighted by molar-refractivity contribution is -0.123. The monoisotopic (exact) mass is 343 g/mol. The predicted molar refractivity (Wildman–Crippen MR) is 82.4 cm³/mol. The number of amides is 1. The molecule has 0 saturated carbocycles. The van der Waals surface area contributed by atoms with Crippen LogP contribution < -0.4 is 5.32 Å². The molecule has 1 aromatic rings. The van der Waals surface area contributed by atoms with Gasteiger partial charge in [0.25, 0.3) is 0 Å². The molecule has 0 aliphatic heterocycles. The fourth-order valence-electron chi connectivity index (χ4n) is 1.74. The van der Waals surface area contributed by atoms with E-state index in [-0.39, 0.29) is 18.1 Å². The molecule has 0 fully saturated rings. The van der Waals surface area contributed by atoms with Crippen molar-refractivity contribution in [3.05, 3.63) is 34.3 Å². The van der Waals surface area contributed by atoms with Crippen molar-refractivity contribution in [2.24, 2.45) is 0 Å². The molecular weight excluding hydrogens is 322 g/mol. The van der Waals surface area contributed by atoms with E-state index in [2.05, 4.69) is 21.2 Å². The summed E-state index contributed by atoms with van der Waals surface area (Å²) in [4.78, 5) is 11.7. The molecule has 0 aliphatic carbocycles. The molecule has 0 bridgehead atoms. The summed E-state index contributed by atoms with van der Waals surface area (Å²) in [6, 6.07) is 7.05. The van der Waals surface area contributed by atoms with Crippen molar-refractivity contribution in [2.45, 2.75) is 45.4 Å². The Bertz CT molecular complexity index is 420. The molecule has 5 heteroatoms. The first-order valence-electron chi connectivity index (χ1n) is 6.74. The Morgan fingerprint density at radius 1 is 1.30 bits per heavy atom. The van der Waals surface area contributed by atoms with Crippen LogP contribution in [0.3, 0.4) is 0 Å². The summed E-state index contributed by atoms with van der Waals surface area (Å²) in [7, 11) is 0. The molecule has 0 radical (unpaired) electrons. The van der Waals surface area contributed by atoms with Gasteiger partial charge in [0.2, 0.25) is 5.91 Å². The zero-order valence-electron chi connectivity index (χ0n) is 12.1. The highest BCUT2D eigenvalue weighted by Crippen LogP contribution is 2.19. The first-order chi connectivity index (χ1) is 9.40. The summed E-state index contributed by atoms with van der Waals surface area (Å²) in [5.41, 5.74) is 0.777. The van der Waals surface area contributed by atoms with Crippen LogP contribution in [0.5, 0.6) is 0 Å². The smallest absolute Gasteiger partial charge is 0.222 e. The molecule has 2 N–H and O–H groups in total. The SMILES string of the molecule is CC(C)OCCC(=O)NC(C)C(O)c1ccc(Br)cc1. The Morgan fingerprint density at radius 3 is 2.45 bits per heavy atom. The normalized spacial score (nSPS) is 14.1. The topological polar surface area (TPSA) is 58.6 Å². The predicted octanol–water partition coefficient (Wildman–Crippen LogP) is 2.80. The third-order valence-electron chi connectivity index (χ3n) is 2.85. The highest BCUT2D eigenvalue weighted by atomic mass is 79.9. The van der Waals surface area contributed by atoms with Crippen molar-refractivity contribution in [3.8, 4) is 0 Å². The van der Waals surface area contributed by atoms with E-state index in [1.165, 1.54) is 0 Å². The van der Waals surface area contributed by atoms with Crippen LogP contribution in [-0.4, -0.2) is 29.8 Å². The molecule has 0 spiro atoms. The third kappa shape index (κ3) is 6.03. The minimum absolute atomic E-state index is 0.116. The van der Waals surface area contributed by atoms with Crippen molar-refractivity contribution in [1.29, 1.82) is 0 Å². The van der Waals surface area contributed by atoms with Crippen LogP contribution in [0.4, 0.5) is 0 Å². The molecular formula is C15H22BrNO3. The van der Waals surface area contributed by atoms with Crippen molar-refractivity contribution in [3.63, 3.8) is 0 Å². The second-order valence-corrected chi connectivity index (χ2v) is 5.94. The minimum Gasteiger partial charge on any atom is -0.386 e. The number of nitrogens with one attached hydrogen (secondary N) is 1. The summed E-state index contributed by atoms with van der Waals surface area (Å²) < 4.78 is 6.28. The van der Waals surface area contributed by atoms with Crippen LogP contribution in [0.25, 0.3) is 0 Å². The van der Waals surface area contributed by atoms with Crippen LogP contribution in [-0.2, 0) is 9.53 Å². The van der Waals surface area contributed by atoms with Crippen LogP contribution in [0.1, 0.15) is 38.9 Å². The lowest BCUT2D eigenvalue weighted by Gasteiger charge is -2.21. The second kappa shape index (κ2) is 8.39. The Hall–Kier alpha value is -0.910. The number of benzene rings is 1. The summed E-state index contributed by atoms with van der Waals surface area (Å²) in [5, 5.41) is 13.0. The van der Waals surface area contributed by atoms with Gasteiger partial charge in [0.15, 0.2) is 0 Å². The Kier molecular flexibility index (Phi) is 7.19. The maximum Gasteiger partial charge on any atom is 0.222 e. The number of aliphatic hydroxyl groups is 1. The van der Waals surface area contributed by atoms with Crippen molar-refractivity contribution in [1.82, 2.24) is 5.32 Å². The van der Waals surface area contributed by atoms with Gasteiger partial charge < -0.3 is 15.2 Å². The molecule has 0 heterocycles. The number of carbonyl (C=O) groups is 1. The lowest BCUT2D eigenvalue weighted by Crippen LogP contribution is -2.37. The van der Waals surface area contributed by atoms with E-state index < -0.39 is 6.10 Å². The molecule has 4 nitrogen and oxygen atoms in total. The lowest BCUT2D eigenvalue weighted by atomic mass is 10.0. The molecule has 1 aromatic carbocycles. The first-order valence-corrected chi connectivity index (χ1v) is 7.54. The van der Waals surface area contributed by atoms with E-state index >= 15 is 0 Å². The standard InChI is InChI=1S/C15H22BrNO3/c1-10(2)20-9-8-14(18)17-11(3)15(19)12-4-6-13(16)7-5-12/h4-7,10-11,15,19H,8-9H2,1-3H3,(H,17,18). The molecule has 2 atom stereocenters. The van der Waals surface area contributed by atoms with Crippen LogP contribution >= 0.6 is 15.9 Å². The van der Waals surface area contributed by atoms with Crippen molar-refractivity contribution < 1.29 is 14.6 Å². The number of carbonyl (C=O) groups excluding carboxylic acids is 1. The van der Waals surface area contributed by atoms with E-state index in [9.17, 15) is 9.90 Å². The second-order valence-electron chi connectivity index (χ2n) is 5.02. The van der Waals surface area contributed by atoms with Gasteiger partial charge in [0, 0.05) is 10.9 Å². The Morgan fingerprint density at radius 2 is 1.90 bits per heavy atom. The van der Waals surface area contributed by atoms with Crippen LogP contribution in [0.15, 0.2) is 28.7 Å². The van der Waals surface area contributed by atoms with E-state index in [4.69, 9.17) is 4.74 Å². The van der Waals surface area contributed by atoms with E-state index in [1.807, 2.05) is 38.1 Å². The van der Waals surface area contributed by atoms with Gasteiger partial charge in [-0.25, -0.2) is 0 Å². The molecule has 20 heavy (non-hydrogen) atoms. The number of aliphatic hydroxyl groups excluding tert-OH is 1. The van der Waals surface area contributed by atoms with Crippen molar-refractivity contribution >= 4 is 21.8 Å². The Labute approximate surface area is 128 Å². The fraction of sp³-hybridized carbons (Fsp3) is 0.533. The van der Waals surface area contributed by atoms with Gasteiger partial charge in [-0.05, 0) is 38.5 Å². The van der Waals surface area contributed by atoms with E-state index in [1.54, 1.807) is 6.92 Å². The average molecular weight is 344 g/mol. The molecule has 0 aromatic heterocycles. The number of rotatable bonds is 7. The summed E-state index contributed by atoms with van der Waals surface area (Å²) in [6.07, 6.45) is -0.304. The van der Waals surface area contributed by atoms with Crippen LogP contribution in [0, 0.1) is 0 Å². The maximum atomic E-state index is 11.7. The summed E-state index contributed by atoms with van der Waals surface area (Å²) in [6.45, 7) is 6.04. The summed E-state index contributed by atoms with van der Waals surface area (Å²) in [5.74, 6) is -0.116. The molecule has 0 aliphatic rings. The van der Waals surface area contributed by atoms with E-state index in [0.717, 1.165) is 10.0 Å². The van der Waals surface area contributed by atoms with Crippen LogP contribution in [0.2, 0.25) is 0 Å². The number of halogens is 1. The molecule has 1 amide bonds. The zero-order valence-corrected chi connectivity index (χ0v) is 13.7. The number of hydrogen-bond acceptors (Lipinski definition) is 3. The van der Waals surface area contributed by atoms with Gasteiger partial charge in [-0.15, -0.1) is 0 Å². The third-order valence-corrected chi connectivity index (χ3v) is 3.38. The largest absolute Gasteiger partial charge is 0.386 e. The zero-order chi connectivity index (χ0) is 15.1. The molecule has 0 saturated heterocycles. The van der Waals surface area contributed by atoms with E-state index in [0.29, 0.717) is 13.0 Å². The highest BCUT2D eigenvalue weighted by Gasteiger charge is 2.18. The van der Waals surface area contributed by atoms with Gasteiger partial charge in [0.05, 0.1) is 24.9 Å². The van der Waals surface area contributed by atoms with Gasteiger partial charge in [-0.2, -0.15) is 0 Å². The average Bonchev–Trinajstić information content (AvgIpc) is 2.38. The fourth-order valence-corrected chi connectivity index (χ4v) is 2.01. The van der Waals surface area contributed by atoms with Gasteiger partial charge in [-0.3, -0.25) is 4.79 Å². The quantitative estimate of drug-likeness (QED) is 0.800. The summed E-state index contributed by atoms with van der Waals surface area (Å²) >= 11 is 3.35. The molecule has 1 rings (SSSR count). The maximum absolute atomic E-state index is 11.7. The number of ether oxygens (including phenoxy) is 1.